The van der Waals surface area contributed by atoms with Gasteiger partial charge in [0.1, 0.15) is 0 Å². The molecule has 0 fully saturated rings. The van der Waals surface area contributed by atoms with Crippen molar-refractivity contribution in [1.29, 1.82) is 0 Å². The monoisotopic (exact) mass is 293 g/mol. The number of benzene rings is 1. The minimum atomic E-state index is -1.13. The van der Waals surface area contributed by atoms with E-state index in [-0.39, 0.29) is 6.04 Å². The molecule has 96 valence electrons. The molecule has 1 N–H and O–H groups in total. The van der Waals surface area contributed by atoms with Crippen LogP contribution in [0.3, 0.4) is 0 Å². The predicted octanol–water partition coefficient (Wildman–Crippen LogP) is 3.35. The van der Waals surface area contributed by atoms with Gasteiger partial charge in [-0.05, 0) is 31.2 Å². The molecule has 2 nitrogen and oxygen atoms in total. The van der Waals surface area contributed by atoms with Crippen molar-refractivity contribution in [3.8, 4) is 0 Å². The molecule has 0 saturated carbocycles. The fourth-order valence-electron chi connectivity index (χ4n) is 1.51. The molecule has 0 amide bonds. The van der Waals surface area contributed by atoms with Crippen LogP contribution < -0.4 is 5.32 Å². The van der Waals surface area contributed by atoms with Gasteiger partial charge >= 0.3 is 0 Å². The quantitative estimate of drug-likeness (QED) is 0.902. The number of halogens is 2. The van der Waals surface area contributed by atoms with Crippen LogP contribution in [0, 0.1) is 5.92 Å². The highest BCUT2D eigenvalue weighted by Crippen LogP contribution is 2.24. The Hall–Kier alpha value is -0.0900. The highest BCUT2D eigenvalue weighted by atomic mass is 35.5. The van der Waals surface area contributed by atoms with E-state index in [9.17, 15) is 4.21 Å². The van der Waals surface area contributed by atoms with Crippen LogP contribution >= 0.6 is 23.2 Å². The van der Waals surface area contributed by atoms with Gasteiger partial charge in [-0.15, -0.1) is 0 Å². The van der Waals surface area contributed by atoms with Gasteiger partial charge in [-0.3, -0.25) is 4.21 Å². The van der Waals surface area contributed by atoms with E-state index in [1.165, 1.54) is 0 Å². The molecule has 0 bridgehead atoms. The summed E-state index contributed by atoms with van der Waals surface area (Å²) < 4.78 is 12.2. The van der Waals surface area contributed by atoms with Gasteiger partial charge in [-0.25, -0.2) is 0 Å². The Morgan fingerprint density at radius 2 is 2.00 bits per heavy atom. The molecule has 0 spiro atoms. The molecule has 17 heavy (non-hydrogen) atoms. The second-order valence-corrected chi connectivity index (χ2v) is 6.53. The van der Waals surface area contributed by atoms with E-state index in [2.05, 4.69) is 19.2 Å². The van der Waals surface area contributed by atoms with Crippen molar-refractivity contribution in [1.82, 2.24) is 5.32 Å². The molecular weight excluding hydrogens is 277 g/mol. The first kappa shape index (κ1) is 15.0. The Kier molecular flexibility index (Phi) is 5.93. The fraction of sp³-hybridized carbons (Fsp3) is 0.500. The van der Waals surface area contributed by atoms with E-state index in [1.807, 2.05) is 7.05 Å². The number of hydrogen-bond donors (Lipinski definition) is 1. The zero-order valence-electron chi connectivity index (χ0n) is 10.2. The number of rotatable bonds is 5. The Labute approximate surface area is 115 Å². The van der Waals surface area contributed by atoms with Crippen molar-refractivity contribution >= 4 is 34.0 Å². The Morgan fingerprint density at radius 3 is 2.53 bits per heavy atom. The first-order valence-corrected chi connectivity index (χ1v) is 7.54. The minimum Gasteiger partial charge on any atom is -0.316 e. The van der Waals surface area contributed by atoms with Gasteiger partial charge in [0.05, 0.1) is 20.7 Å². The third kappa shape index (κ3) is 4.25. The first-order chi connectivity index (χ1) is 7.95. The summed E-state index contributed by atoms with van der Waals surface area (Å²) in [6, 6.07) is 5.25. The third-order valence-corrected chi connectivity index (χ3v) is 4.81. The summed E-state index contributed by atoms with van der Waals surface area (Å²) in [5.74, 6) is 0.954. The molecule has 0 aromatic heterocycles. The predicted molar refractivity (Wildman–Crippen MR) is 75.4 cm³/mol. The van der Waals surface area contributed by atoms with Gasteiger partial charge in [0, 0.05) is 16.8 Å². The molecular formula is C12H17Cl2NOS. The summed E-state index contributed by atoms with van der Waals surface area (Å²) in [7, 11) is 0.742. The molecule has 0 heterocycles. The zero-order chi connectivity index (χ0) is 13.0. The lowest BCUT2D eigenvalue weighted by Gasteiger charge is -2.19. The summed E-state index contributed by atoms with van der Waals surface area (Å²) in [6.45, 7) is 4.19. The molecule has 0 radical (unpaired) electrons. The maximum atomic E-state index is 12.2. The van der Waals surface area contributed by atoms with Crippen LogP contribution in [-0.4, -0.2) is 23.1 Å². The van der Waals surface area contributed by atoms with Crippen LogP contribution in [0.5, 0.6) is 0 Å². The molecule has 1 aromatic carbocycles. The van der Waals surface area contributed by atoms with Crippen LogP contribution in [0.1, 0.15) is 13.8 Å². The van der Waals surface area contributed by atoms with Crippen molar-refractivity contribution < 1.29 is 4.21 Å². The first-order valence-electron chi connectivity index (χ1n) is 5.46. The molecule has 0 aliphatic rings. The topological polar surface area (TPSA) is 29.1 Å². The van der Waals surface area contributed by atoms with Crippen LogP contribution in [0.25, 0.3) is 0 Å². The van der Waals surface area contributed by atoms with Crippen molar-refractivity contribution in [2.45, 2.75) is 24.8 Å². The van der Waals surface area contributed by atoms with Gasteiger partial charge in [0.15, 0.2) is 0 Å². The summed E-state index contributed by atoms with van der Waals surface area (Å²) in [5.41, 5.74) is 0. The lowest BCUT2D eigenvalue weighted by Crippen LogP contribution is -2.35. The van der Waals surface area contributed by atoms with Crippen molar-refractivity contribution in [2.24, 2.45) is 5.92 Å². The standard InChI is InChI=1S/C12H17Cl2NOS/c1-8(2)11(15-3)7-17(16)12-6-9(13)4-5-10(12)14/h4-6,8,11,15H,7H2,1-3H3. The largest absolute Gasteiger partial charge is 0.316 e. The van der Waals surface area contributed by atoms with Gasteiger partial charge in [0.25, 0.3) is 0 Å². The van der Waals surface area contributed by atoms with Gasteiger partial charge in [0.2, 0.25) is 0 Å². The molecule has 0 saturated heterocycles. The molecule has 1 rings (SSSR count). The molecule has 1 aromatic rings. The zero-order valence-corrected chi connectivity index (χ0v) is 12.5. The molecule has 5 heteroatoms. The van der Waals surface area contributed by atoms with Crippen molar-refractivity contribution in [2.75, 3.05) is 12.8 Å². The Bertz CT molecular complexity index is 409. The van der Waals surface area contributed by atoms with Crippen molar-refractivity contribution in [3.05, 3.63) is 28.2 Å². The SMILES string of the molecule is CNC(CS(=O)c1cc(Cl)ccc1Cl)C(C)C. The van der Waals surface area contributed by atoms with E-state index in [0.717, 1.165) is 0 Å². The Morgan fingerprint density at radius 1 is 1.35 bits per heavy atom. The van der Waals surface area contributed by atoms with Crippen LogP contribution in [-0.2, 0) is 10.8 Å². The van der Waals surface area contributed by atoms with Crippen LogP contribution in [0.4, 0.5) is 0 Å². The summed E-state index contributed by atoms with van der Waals surface area (Å²) in [4.78, 5) is 0.611. The average Bonchev–Trinajstić information content (AvgIpc) is 2.28. The highest BCUT2D eigenvalue weighted by Gasteiger charge is 2.17. The average molecular weight is 294 g/mol. The minimum absolute atomic E-state index is 0.200. The second-order valence-electron chi connectivity index (χ2n) is 4.23. The van der Waals surface area contributed by atoms with Gasteiger partial charge in [-0.1, -0.05) is 37.0 Å². The molecule has 0 aliphatic carbocycles. The molecule has 2 atom stereocenters. The van der Waals surface area contributed by atoms with E-state index < -0.39 is 10.8 Å². The maximum absolute atomic E-state index is 12.2. The second kappa shape index (κ2) is 6.74. The van der Waals surface area contributed by atoms with Gasteiger partial charge in [-0.2, -0.15) is 0 Å². The highest BCUT2D eigenvalue weighted by molar-refractivity contribution is 7.85. The summed E-state index contributed by atoms with van der Waals surface area (Å²) in [6.07, 6.45) is 0. The van der Waals surface area contributed by atoms with E-state index in [4.69, 9.17) is 23.2 Å². The lowest BCUT2D eigenvalue weighted by atomic mass is 10.1. The summed E-state index contributed by atoms with van der Waals surface area (Å²) >= 11 is 11.9. The Balaban J connectivity index is 2.86. The third-order valence-electron chi connectivity index (χ3n) is 2.64. The normalized spacial score (nSPS) is 14.9. The number of nitrogens with one attached hydrogen (secondary N) is 1. The number of hydrogen-bond acceptors (Lipinski definition) is 2. The molecule has 2 unspecified atom stereocenters. The van der Waals surface area contributed by atoms with E-state index >= 15 is 0 Å². The van der Waals surface area contributed by atoms with Crippen LogP contribution in [0.2, 0.25) is 10.0 Å². The van der Waals surface area contributed by atoms with Crippen molar-refractivity contribution in [3.63, 3.8) is 0 Å². The summed E-state index contributed by atoms with van der Waals surface area (Å²) in [5, 5.41) is 4.23. The lowest BCUT2D eigenvalue weighted by molar-refractivity contribution is 0.462. The van der Waals surface area contributed by atoms with Crippen LogP contribution in [0.15, 0.2) is 23.1 Å². The van der Waals surface area contributed by atoms with E-state index in [0.29, 0.717) is 26.6 Å². The fourth-order valence-corrected chi connectivity index (χ4v) is 3.73. The smallest absolute Gasteiger partial charge is 0.0589 e. The maximum Gasteiger partial charge on any atom is 0.0589 e. The van der Waals surface area contributed by atoms with Gasteiger partial charge < -0.3 is 5.32 Å². The van der Waals surface area contributed by atoms with E-state index in [1.54, 1.807) is 18.2 Å². The molecule has 0 aliphatic heterocycles.